The molecule has 0 aliphatic carbocycles. The van der Waals surface area contributed by atoms with Gasteiger partial charge in [-0.15, -0.1) is 0 Å². The Kier molecular flexibility index (Phi) is 14.6. The van der Waals surface area contributed by atoms with Crippen LogP contribution in [0.15, 0.2) is 0 Å². The Morgan fingerprint density at radius 1 is 0.857 bits per heavy atom. The number of nitrogens with one attached hydrogen (secondary N) is 1. The third kappa shape index (κ3) is 16.9. The van der Waals surface area contributed by atoms with Crippen molar-refractivity contribution < 1.29 is 14.3 Å². The second-order valence-corrected chi connectivity index (χ2v) is 5.64. The Balaban J connectivity index is 3.18. The van der Waals surface area contributed by atoms with Gasteiger partial charge in [0.05, 0.1) is 6.61 Å². The summed E-state index contributed by atoms with van der Waals surface area (Å²) in [4.78, 5) is 22.1. The van der Waals surface area contributed by atoms with Gasteiger partial charge in [-0.3, -0.25) is 9.59 Å². The molecule has 0 radical (unpaired) electrons. The fourth-order valence-electron chi connectivity index (χ4n) is 2.15. The van der Waals surface area contributed by atoms with Gasteiger partial charge in [0.1, 0.15) is 0 Å². The number of ether oxygens (including phenoxy) is 1. The zero-order valence-corrected chi connectivity index (χ0v) is 13.9. The van der Waals surface area contributed by atoms with Crippen LogP contribution in [-0.4, -0.2) is 25.0 Å². The summed E-state index contributed by atoms with van der Waals surface area (Å²) in [6, 6.07) is 0. The molecule has 0 saturated carbocycles. The van der Waals surface area contributed by atoms with Crippen molar-refractivity contribution >= 4 is 11.9 Å². The first-order valence-corrected chi connectivity index (χ1v) is 8.57. The maximum atomic E-state index is 11.5. The molecule has 0 unspecified atom stereocenters. The molecule has 0 spiro atoms. The van der Waals surface area contributed by atoms with Crippen LogP contribution in [0.4, 0.5) is 0 Å². The number of carbonyl (C=O) groups is 2. The van der Waals surface area contributed by atoms with Gasteiger partial charge in [0.25, 0.3) is 0 Å². The van der Waals surface area contributed by atoms with Crippen LogP contribution in [0.3, 0.4) is 0 Å². The van der Waals surface area contributed by atoms with E-state index in [1.165, 1.54) is 39.0 Å². The number of amides is 1. The van der Waals surface area contributed by atoms with E-state index in [1.54, 1.807) is 0 Å². The largest absolute Gasteiger partial charge is 0.466 e. The van der Waals surface area contributed by atoms with Gasteiger partial charge in [-0.05, 0) is 19.3 Å². The molecule has 0 fully saturated rings. The van der Waals surface area contributed by atoms with Crippen molar-refractivity contribution in [1.82, 2.24) is 5.32 Å². The molecular formula is C17H33NO3. The summed E-state index contributed by atoms with van der Waals surface area (Å²) < 4.78 is 5.21. The van der Waals surface area contributed by atoms with Crippen molar-refractivity contribution in [2.75, 3.05) is 13.2 Å². The van der Waals surface area contributed by atoms with Gasteiger partial charge >= 0.3 is 5.97 Å². The Bertz CT molecular complexity index is 267. The molecule has 0 heterocycles. The number of esters is 1. The summed E-state index contributed by atoms with van der Waals surface area (Å²) in [5, 5.41) is 2.75. The summed E-state index contributed by atoms with van der Waals surface area (Å²) in [5.41, 5.74) is 0. The van der Waals surface area contributed by atoms with E-state index in [0.717, 1.165) is 32.1 Å². The van der Waals surface area contributed by atoms with Gasteiger partial charge in [0, 0.05) is 19.9 Å². The van der Waals surface area contributed by atoms with Crippen LogP contribution in [-0.2, 0) is 14.3 Å². The first-order chi connectivity index (χ1) is 10.2. The molecule has 124 valence electrons. The molecule has 4 nitrogen and oxygen atoms in total. The van der Waals surface area contributed by atoms with Gasteiger partial charge in [-0.25, -0.2) is 0 Å². The Morgan fingerprint density at radius 3 is 2.14 bits per heavy atom. The average molecular weight is 299 g/mol. The summed E-state index contributed by atoms with van der Waals surface area (Å²) >= 11 is 0. The first kappa shape index (κ1) is 19.9. The lowest BCUT2D eigenvalue weighted by atomic mass is 10.1. The fourth-order valence-corrected chi connectivity index (χ4v) is 2.15. The maximum absolute atomic E-state index is 11.5. The van der Waals surface area contributed by atoms with Crippen LogP contribution in [0, 0.1) is 0 Å². The van der Waals surface area contributed by atoms with Gasteiger partial charge in [0.2, 0.25) is 5.91 Å². The number of unbranched alkanes of at least 4 members (excludes halogenated alkanes) is 8. The zero-order chi connectivity index (χ0) is 15.8. The molecule has 1 amide bonds. The van der Waals surface area contributed by atoms with E-state index in [-0.39, 0.29) is 11.9 Å². The van der Waals surface area contributed by atoms with Crippen LogP contribution in [0.5, 0.6) is 0 Å². The third-order valence-corrected chi connectivity index (χ3v) is 3.44. The van der Waals surface area contributed by atoms with Crippen molar-refractivity contribution in [3.8, 4) is 0 Å². The monoisotopic (exact) mass is 299 g/mol. The van der Waals surface area contributed by atoms with E-state index in [1.807, 2.05) is 0 Å². The highest BCUT2D eigenvalue weighted by molar-refractivity contribution is 5.72. The zero-order valence-electron chi connectivity index (χ0n) is 13.9. The summed E-state index contributed by atoms with van der Waals surface area (Å²) in [7, 11) is 0. The van der Waals surface area contributed by atoms with Crippen LogP contribution in [0.1, 0.15) is 84.5 Å². The van der Waals surface area contributed by atoms with Crippen LogP contribution >= 0.6 is 0 Å². The Labute approximate surface area is 130 Å². The first-order valence-electron chi connectivity index (χ1n) is 8.57. The van der Waals surface area contributed by atoms with Crippen LogP contribution < -0.4 is 5.32 Å². The number of carbonyl (C=O) groups excluding carboxylic acids is 2. The van der Waals surface area contributed by atoms with Gasteiger partial charge < -0.3 is 10.1 Å². The quantitative estimate of drug-likeness (QED) is 0.390. The molecular weight excluding hydrogens is 266 g/mol. The second kappa shape index (κ2) is 15.3. The SMILES string of the molecule is CCCCCCCCCOC(=O)CCCCCNC(C)=O. The molecule has 0 aliphatic rings. The minimum Gasteiger partial charge on any atom is -0.466 e. The number of hydrogen-bond donors (Lipinski definition) is 1. The maximum Gasteiger partial charge on any atom is 0.305 e. The molecule has 0 aromatic rings. The standard InChI is InChI=1S/C17H33NO3/c1-3-4-5-6-7-8-12-15-21-17(20)13-10-9-11-14-18-16(2)19/h3-15H2,1-2H3,(H,18,19). The van der Waals surface area contributed by atoms with E-state index < -0.39 is 0 Å². The van der Waals surface area contributed by atoms with Gasteiger partial charge in [-0.1, -0.05) is 51.9 Å². The molecule has 21 heavy (non-hydrogen) atoms. The predicted octanol–water partition coefficient (Wildman–Crippen LogP) is 3.98. The molecule has 0 rings (SSSR count). The van der Waals surface area contributed by atoms with E-state index in [9.17, 15) is 9.59 Å². The highest BCUT2D eigenvalue weighted by atomic mass is 16.5. The molecule has 0 bridgehead atoms. The Morgan fingerprint density at radius 2 is 1.48 bits per heavy atom. The molecule has 1 N–H and O–H groups in total. The highest BCUT2D eigenvalue weighted by Gasteiger charge is 2.02. The highest BCUT2D eigenvalue weighted by Crippen LogP contribution is 2.07. The minimum absolute atomic E-state index is 0.00380. The molecule has 4 heteroatoms. The summed E-state index contributed by atoms with van der Waals surface area (Å²) in [6.07, 6.45) is 11.8. The van der Waals surface area contributed by atoms with Crippen molar-refractivity contribution in [3.63, 3.8) is 0 Å². The molecule has 0 saturated heterocycles. The molecule has 0 aromatic carbocycles. The lowest BCUT2D eigenvalue weighted by Crippen LogP contribution is -2.20. The summed E-state index contributed by atoms with van der Waals surface area (Å²) in [5.74, 6) is -0.0791. The van der Waals surface area contributed by atoms with Crippen molar-refractivity contribution in [2.45, 2.75) is 84.5 Å². The van der Waals surface area contributed by atoms with E-state index in [2.05, 4.69) is 12.2 Å². The Hall–Kier alpha value is -1.06. The molecule has 0 aromatic heterocycles. The lowest BCUT2D eigenvalue weighted by Gasteiger charge is -2.05. The number of hydrogen-bond acceptors (Lipinski definition) is 3. The lowest BCUT2D eigenvalue weighted by molar-refractivity contribution is -0.143. The van der Waals surface area contributed by atoms with Crippen LogP contribution in [0.2, 0.25) is 0 Å². The molecule has 0 atom stereocenters. The third-order valence-electron chi connectivity index (χ3n) is 3.44. The number of rotatable bonds is 14. The fraction of sp³-hybridized carbons (Fsp3) is 0.882. The van der Waals surface area contributed by atoms with E-state index in [4.69, 9.17) is 4.74 Å². The predicted molar refractivity (Wildman–Crippen MR) is 86.1 cm³/mol. The van der Waals surface area contributed by atoms with Crippen LogP contribution in [0.25, 0.3) is 0 Å². The average Bonchev–Trinajstić information content (AvgIpc) is 2.45. The van der Waals surface area contributed by atoms with Crippen molar-refractivity contribution in [2.24, 2.45) is 0 Å². The smallest absolute Gasteiger partial charge is 0.305 e. The molecule has 0 aliphatic heterocycles. The van der Waals surface area contributed by atoms with E-state index in [0.29, 0.717) is 19.6 Å². The topological polar surface area (TPSA) is 55.4 Å². The second-order valence-electron chi connectivity index (χ2n) is 5.64. The van der Waals surface area contributed by atoms with Gasteiger partial charge in [-0.2, -0.15) is 0 Å². The van der Waals surface area contributed by atoms with Gasteiger partial charge in [0.15, 0.2) is 0 Å². The minimum atomic E-state index is -0.0829. The summed E-state index contributed by atoms with van der Waals surface area (Å²) in [6.45, 7) is 5.00. The van der Waals surface area contributed by atoms with Crippen molar-refractivity contribution in [1.29, 1.82) is 0 Å². The van der Waals surface area contributed by atoms with E-state index >= 15 is 0 Å². The van der Waals surface area contributed by atoms with Crippen molar-refractivity contribution in [3.05, 3.63) is 0 Å². The normalized spacial score (nSPS) is 10.4.